The van der Waals surface area contributed by atoms with Gasteiger partial charge in [-0.15, -0.1) is 0 Å². The Hall–Kier alpha value is -6.76. The van der Waals surface area contributed by atoms with Crippen molar-refractivity contribution < 1.29 is 0 Å². The number of rotatable bonds is 14. The van der Waals surface area contributed by atoms with Crippen LogP contribution in [0.4, 0.5) is 0 Å². The van der Waals surface area contributed by atoms with Crippen molar-refractivity contribution in [3.05, 3.63) is 251 Å². The van der Waals surface area contributed by atoms with Crippen LogP contribution in [-0.2, 0) is 11.8 Å². The first-order valence-electron chi connectivity index (χ1n) is 22.9. The van der Waals surface area contributed by atoms with Crippen LogP contribution < -0.4 is 0 Å². The normalized spacial score (nSPS) is 15.3. The lowest BCUT2D eigenvalue weighted by molar-refractivity contribution is 0.616. The van der Waals surface area contributed by atoms with Crippen molar-refractivity contribution in [2.24, 2.45) is 0 Å². The molecule has 0 heteroatoms. The second-order valence-electron chi connectivity index (χ2n) is 18.3. The zero-order valence-electron chi connectivity index (χ0n) is 38.8. The van der Waals surface area contributed by atoms with E-state index in [0.29, 0.717) is 0 Å². The minimum absolute atomic E-state index is 0.194. The summed E-state index contributed by atoms with van der Waals surface area (Å²) >= 11 is 0. The van der Waals surface area contributed by atoms with Crippen molar-refractivity contribution in [1.82, 2.24) is 0 Å². The predicted octanol–water partition coefficient (Wildman–Crippen LogP) is 17.9. The first-order chi connectivity index (χ1) is 30.9. The number of hydrogen-bond donors (Lipinski definition) is 0. The fourth-order valence-corrected chi connectivity index (χ4v) is 10.2. The van der Waals surface area contributed by atoms with Gasteiger partial charge in [0.15, 0.2) is 0 Å². The maximum atomic E-state index is 4.16. The van der Waals surface area contributed by atoms with Crippen LogP contribution in [-0.4, -0.2) is 0 Å². The summed E-state index contributed by atoms with van der Waals surface area (Å²) in [5, 5.41) is 2.63. The third kappa shape index (κ3) is 7.92. The van der Waals surface area contributed by atoms with Crippen LogP contribution in [0.25, 0.3) is 55.8 Å². The quantitative estimate of drug-likeness (QED) is 0.0960. The zero-order valence-corrected chi connectivity index (χ0v) is 38.8. The summed E-state index contributed by atoms with van der Waals surface area (Å²) in [6, 6.07) is 39.6. The molecule has 0 amide bonds. The molecule has 6 aromatic rings. The van der Waals surface area contributed by atoms with E-state index in [1.807, 2.05) is 36.5 Å². The number of aryl methyl sites for hydroxylation is 1. The van der Waals surface area contributed by atoms with Gasteiger partial charge < -0.3 is 0 Å². The van der Waals surface area contributed by atoms with Crippen LogP contribution in [0.3, 0.4) is 0 Å². The van der Waals surface area contributed by atoms with Gasteiger partial charge in [-0.05, 0) is 174 Å². The molecule has 2 aliphatic rings. The van der Waals surface area contributed by atoms with Crippen LogP contribution >= 0.6 is 0 Å². The summed E-state index contributed by atoms with van der Waals surface area (Å²) in [6.07, 6.45) is 21.5. The van der Waals surface area contributed by atoms with Crippen molar-refractivity contribution in [2.45, 2.75) is 78.1 Å². The van der Waals surface area contributed by atoms with Gasteiger partial charge in [0, 0.05) is 5.41 Å². The monoisotopic (exact) mass is 830 g/mol. The Morgan fingerprint density at radius 2 is 1.44 bits per heavy atom. The van der Waals surface area contributed by atoms with Crippen molar-refractivity contribution in [3.8, 4) is 22.3 Å². The maximum absolute atomic E-state index is 4.16. The van der Waals surface area contributed by atoms with E-state index in [4.69, 9.17) is 0 Å². The van der Waals surface area contributed by atoms with E-state index in [0.717, 1.165) is 52.7 Å². The lowest BCUT2D eigenvalue weighted by atomic mass is 9.78. The van der Waals surface area contributed by atoms with E-state index in [9.17, 15) is 0 Å². The van der Waals surface area contributed by atoms with Gasteiger partial charge in [0.05, 0.1) is 0 Å². The third-order valence-corrected chi connectivity index (χ3v) is 14.3. The van der Waals surface area contributed by atoms with E-state index in [2.05, 4.69) is 196 Å². The number of hydrogen-bond acceptors (Lipinski definition) is 0. The molecular weight excluding hydrogens is 769 g/mol. The van der Waals surface area contributed by atoms with Crippen LogP contribution in [0, 0.1) is 6.92 Å². The minimum atomic E-state index is -0.194. The Balaban J connectivity index is 1.21. The predicted molar refractivity (Wildman–Crippen MR) is 282 cm³/mol. The molecule has 2 unspecified atom stereocenters. The van der Waals surface area contributed by atoms with E-state index >= 15 is 0 Å². The molecule has 2 atom stereocenters. The van der Waals surface area contributed by atoms with Gasteiger partial charge in [0.25, 0.3) is 0 Å². The molecule has 0 aliphatic heterocycles. The Morgan fingerprint density at radius 1 is 0.688 bits per heavy atom. The largest absolute Gasteiger partial charge is 0.0990 e. The molecule has 0 radical (unpaired) electrons. The van der Waals surface area contributed by atoms with Crippen LogP contribution in [0.1, 0.15) is 120 Å². The third-order valence-electron chi connectivity index (χ3n) is 14.3. The molecule has 0 fully saturated rings. The molecule has 0 nitrogen and oxygen atoms in total. The first kappa shape index (κ1) is 43.9. The lowest BCUT2D eigenvalue weighted by Gasteiger charge is -2.26. The fraction of sp³-hybridized carbons (Fsp3) is 0.188. The molecule has 0 heterocycles. The molecule has 0 N–H and O–H groups in total. The molecule has 64 heavy (non-hydrogen) atoms. The Labute approximate surface area is 383 Å². The summed E-state index contributed by atoms with van der Waals surface area (Å²) in [5.41, 5.74) is 23.7. The van der Waals surface area contributed by atoms with Gasteiger partial charge in [0.1, 0.15) is 0 Å². The van der Waals surface area contributed by atoms with Crippen LogP contribution in [0.5, 0.6) is 0 Å². The molecule has 0 saturated heterocycles. The van der Waals surface area contributed by atoms with E-state index in [-0.39, 0.29) is 17.3 Å². The smallest absolute Gasteiger partial charge is 0.0159 e. The average Bonchev–Trinajstić information content (AvgIpc) is 3.55. The van der Waals surface area contributed by atoms with Crippen LogP contribution in [0.2, 0.25) is 0 Å². The van der Waals surface area contributed by atoms with Gasteiger partial charge in [-0.2, -0.15) is 0 Å². The minimum Gasteiger partial charge on any atom is -0.0990 e. The van der Waals surface area contributed by atoms with E-state index in [1.54, 1.807) is 0 Å². The summed E-state index contributed by atoms with van der Waals surface area (Å²) in [7, 11) is 0. The zero-order chi connectivity index (χ0) is 45.3. The SMILES string of the molecule is C=C/C=C(\C=C)c1ccc(Cc2cc3c(c4ccccc24)-c2ccc(C(C)C(C)c4ccc(C=C)c(/C(C=C)=C(\C)C=C)c4)cc2C3(C)C)c(-c2cc(C3=CCCC=C3)ccc2C)c1. The highest BCUT2D eigenvalue weighted by atomic mass is 14.4. The van der Waals surface area contributed by atoms with Crippen molar-refractivity contribution >= 4 is 33.6 Å². The van der Waals surface area contributed by atoms with Crippen molar-refractivity contribution in [1.29, 1.82) is 0 Å². The Bertz CT molecular complexity index is 3010. The molecule has 0 saturated carbocycles. The lowest BCUT2D eigenvalue weighted by Crippen LogP contribution is -2.16. The average molecular weight is 831 g/mol. The molecule has 318 valence electrons. The molecule has 0 spiro atoms. The Morgan fingerprint density at radius 3 is 2.12 bits per heavy atom. The highest BCUT2D eigenvalue weighted by molar-refractivity contribution is 6.04. The fourth-order valence-electron chi connectivity index (χ4n) is 10.2. The second-order valence-corrected chi connectivity index (χ2v) is 18.3. The van der Waals surface area contributed by atoms with Crippen LogP contribution in [0.15, 0.2) is 190 Å². The first-order valence-corrected chi connectivity index (χ1v) is 22.9. The maximum Gasteiger partial charge on any atom is 0.0159 e. The van der Waals surface area contributed by atoms with Crippen molar-refractivity contribution in [3.63, 3.8) is 0 Å². The van der Waals surface area contributed by atoms with E-state index in [1.165, 1.54) is 83.1 Å². The number of benzene rings is 6. The topological polar surface area (TPSA) is 0 Å². The van der Waals surface area contributed by atoms with Gasteiger partial charge >= 0.3 is 0 Å². The highest BCUT2D eigenvalue weighted by Gasteiger charge is 2.38. The Kier molecular flexibility index (Phi) is 12.4. The van der Waals surface area contributed by atoms with Gasteiger partial charge in [0.2, 0.25) is 0 Å². The number of allylic oxidation sites excluding steroid dienone is 12. The summed E-state index contributed by atoms with van der Waals surface area (Å²) in [4.78, 5) is 0. The van der Waals surface area contributed by atoms with Crippen molar-refractivity contribution in [2.75, 3.05) is 0 Å². The number of fused-ring (bicyclic) bond motifs is 5. The second kappa shape index (κ2) is 18.1. The van der Waals surface area contributed by atoms with E-state index < -0.39 is 0 Å². The highest BCUT2D eigenvalue weighted by Crippen LogP contribution is 2.53. The molecule has 8 rings (SSSR count). The summed E-state index contributed by atoms with van der Waals surface area (Å²) < 4.78 is 0. The molecular formula is C64H62. The van der Waals surface area contributed by atoms with Gasteiger partial charge in [-0.3, -0.25) is 0 Å². The standard InChI is InChI=1S/C64H62/c1-12-22-45(14-3)50-31-32-52(60(38-50)58-37-51(28-27-42(58)7)47-23-18-17-19-24-47)35-53-40-62-63(56-26-21-20-25-55(53)56)57-34-33-49(39-61(57)64(62,10)11)44(9)43(8)48-30-29-46(15-4)59(36-48)54(16-5)41(6)13-2/h12-16,18,20-34,36-40,43-44H,1-5,17,19,35H2,6-11H3/b45-22+,54-41+. The molecule has 0 bridgehead atoms. The van der Waals surface area contributed by atoms with Gasteiger partial charge in [-0.1, -0.05) is 206 Å². The molecule has 6 aromatic carbocycles. The summed E-state index contributed by atoms with van der Waals surface area (Å²) in [6.45, 7) is 34.4. The molecule has 2 aliphatic carbocycles. The van der Waals surface area contributed by atoms with Gasteiger partial charge in [-0.25, -0.2) is 0 Å². The molecule has 0 aromatic heterocycles. The summed E-state index contributed by atoms with van der Waals surface area (Å²) in [5.74, 6) is 0.564.